The lowest BCUT2D eigenvalue weighted by Crippen LogP contribution is -2.54. The van der Waals surface area contributed by atoms with Gasteiger partial charge >= 0.3 is 5.97 Å². The Hall–Kier alpha value is -4.52. The molecule has 0 radical (unpaired) electrons. The third kappa shape index (κ3) is 4.81. The molecule has 182 valence electrons. The van der Waals surface area contributed by atoms with Gasteiger partial charge < -0.3 is 23.7 Å². The Morgan fingerprint density at radius 1 is 0.806 bits per heavy atom. The molecule has 0 N–H and O–H groups in total. The van der Waals surface area contributed by atoms with Crippen molar-refractivity contribution in [3.63, 3.8) is 0 Å². The average molecular weight is 483 g/mol. The quantitative estimate of drug-likeness (QED) is 0.243. The minimum Gasteiger partial charge on any atom is -0.487 e. The number of para-hydroxylation sites is 1. The maximum absolute atomic E-state index is 12.4. The molecule has 3 aromatic carbocycles. The van der Waals surface area contributed by atoms with Crippen molar-refractivity contribution >= 4 is 17.4 Å². The lowest BCUT2D eigenvalue weighted by atomic mass is 10.1. The van der Waals surface area contributed by atoms with E-state index in [2.05, 4.69) is 4.90 Å². The van der Waals surface area contributed by atoms with E-state index >= 15 is 0 Å². The van der Waals surface area contributed by atoms with Gasteiger partial charge in [-0.2, -0.15) is 0 Å². The van der Waals surface area contributed by atoms with E-state index in [4.69, 9.17) is 14.2 Å². The van der Waals surface area contributed by atoms with Crippen LogP contribution in [0.15, 0.2) is 91.3 Å². The number of ketones is 1. The first-order valence-electron chi connectivity index (χ1n) is 11.7. The number of ether oxygens (including phenoxy) is 3. The standard InChI is InChI=1S/C29H26N2O5/c1-20(32)21-8-10-22(11-9-21)35-23-12-14-24(15-13-23)36-25-18-31(19-25)27-7-5-6-26(29(33)34-2)28(27)30-16-3-4-17-30/h3-17,25H,18-19H2,1-2H3. The molecule has 1 aromatic heterocycles. The van der Waals surface area contributed by atoms with Gasteiger partial charge in [-0.15, -0.1) is 0 Å². The third-order valence-electron chi connectivity index (χ3n) is 6.09. The van der Waals surface area contributed by atoms with Gasteiger partial charge in [0.15, 0.2) is 5.78 Å². The fourth-order valence-electron chi connectivity index (χ4n) is 4.20. The summed E-state index contributed by atoms with van der Waals surface area (Å²) < 4.78 is 18.9. The third-order valence-corrected chi connectivity index (χ3v) is 6.09. The Kier molecular flexibility index (Phi) is 6.45. The number of hydrogen-bond donors (Lipinski definition) is 0. The molecule has 1 aliphatic heterocycles. The summed E-state index contributed by atoms with van der Waals surface area (Å²) in [6.45, 7) is 2.93. The van der Waals surface area contributed by atoms with Crippen LogP contribution in [-0.2, 0) is 4.74 Å². The van der Waals surface area contributed by atoms with Crippen LogP contribution in [0.3, 0.4) is 0 Å². The maximum Gasteiger partial charge on any atom is 0.340 e. The Labute approximate surface area is 209 Å². The van der Waals surface area contributed by atoms with Crippen molar-refractivity contribution in [3.05, 3.63) is 102 Å². The average Bonchev–Trinajstić information content (AvgIpc) is 3.41. The zero-order valence-corrected chi connectivity index (χ0v) is 20.1. The van der Waals surface area contributed by atoms with Crippen LogP contribution in [0.25, 0.3) is 5.69 Å². The van der Waals surface area contributed by atoms with E-state index in [1.807, 2.05) is 65.5 Å². The number of rotatable bonds is 8. The molecule has 1 fully saturated rings. The monoisotopic (exact) mass is 482 g/mol. The second-order valence-electron chi connectivity index (χ2n) is 8.55. The molecule has 0 amide bonds. The normalized spacial score (nSPS) is 13.1. The maximum atomic E-state index is 12.4. The molecule has 5 rings (SSSR count). The molecule has 36 heavy (non-hydrogen) atoms. The van der Waals surface area contributed by atoms with Gasteiger partial charge in [-0.3, -0.25) is 4.79 Å². The van der Waals surface area contributed by atoms with E-state index in [1.54, 1.807) is 30.3 Å². The van der Waals surface area contributed by atoms with Gasteiger partial charge in [0, 0.05) is 18.0 Å². The highest BCUT2D eigenvalue weighted by molar-refractivity contribution is 5.96. The molecule has 7 nitrogen and oxygen atoms in total. The Morgan fingerprint density at radius 3 is 2.03 bits per heavy atom. The van der Waals surface area contributed by atoms with Crippen molar-refractivity contribution in [1.82, 2.24) is 4.57 Å². The summed E-state index contributed by atoms with van der Waals surface area (Å²) in [5.74, 6) is 1.76. The smallest absolute Gasteiger partial charge is 0.340 e. The second-order valence-corrected chi connectivity index (χ2v) is 8.55. The van der Waals surface area contributed by atoms with Crippen molar-refractivity contribution in [2.45, 2.75) is 13.0 Å². The van der Waals surface area contributed by atoms with Crippen molar-refractivity contribution in [3.8, 4) is 22.9 Å². The number of benzene rings is 3. The molecule has 0 bridgehead atoms. The first-order chi connectivity index (χ1) is 17.5. The number of carbonyl (C=O) groups is 2. The van der Waals surface area contributed by atoms with E-state index in [1.165, 1.54) is 14.0 Å². The highest BCUT2D eigenvalue weighted by Crippen LogP contribution is 2.33. The van der Waals surface area contributed by atoms with E-state index < -0.39 is 0 Å². The lowest BCUT2D eigenvalue weighted by Gasteiger charge is -2.41. The topological polar surface area (TPSA) is 70.0 Å². The van der Waals surface area contributed by atoms with Crippen LogP contribution in [0.4, 0.5) is 5.69 Å². The number of Topliss-reactive ketones (excluding diaryl/α,β-unsaturated/α-hetero) is 1. The predicted molar refractivity (Wildman–Crippen MR) is 137 cm³/mol. The molecule has 0 unspecified atom stereocenters. The van der Waals surface area contributed by atoms with E-state index in [-0.39, 0.29) is 17.9 Å². The number of anilines is 1. The fraction of sp³-hybridized carbons (Fsp3) is 0.172. The molecule has 2 heterocycles. The molecular weight excluding hydrogens is 456 g/mol. The molecule has 7 heteroatoms. The summed E-state index contributed by atoms with van der Waals surface area (Å²) in [4.78, 5) is 26.0. The molecule has 0 saturated carbocycles. The minimum absolute atomic E-state index is 0.0229. The summed E-state index contributed by atoms with van der Waals surface area (Å²) in [6, 6.07) is 24.0. The van der Waals surface area contributed by atoms with Gasteiger partial charge in [-0.25, -0.2) is 4.79 Å². The van der Waals surface area contributed by atoms with Crippen molar-refractivity contribution < 1.29 is 23.8 Å². The summed E-state index contributed by atoms with van der Waals surface area (Å²) in [5.41, 5.74) is 2.92. The Balaban J connectivity index is 1.23. The van der Waals surface area contributed by atoms with Crippen LogP contribution >= 0.6 is 0 Å². The molecule has 0 aliphatic carbocycles. The number of carbonyl (C=O) groups excluding carboxylic acids is 2. The summed E-state index contributed by atoms with van der Waals surface area (Å²) in [6.07, 6.45) is 3.86. The highest BCUT2D eigenvalue weighted by Gasteiger charge is 2.32. The summed E-state index contributed by atoms with van der Waals surface area (Å²) in [5, 5.41) is 0. The van der Waals surface area contributed by atoms with Crippen LogP contribution in [0.1, 0.15) is 27.6 Å². The molecule has 1 aliphatic rings. The summed E-state index contributed by atoms with van der Waals surface area (Å²) in [7, 11) is 1.39. The van der Waals surface area contributed by atoms with Crippen molar-refractivity contribution in [2.75, 3.05) is 25.1 Å². The summed E-state index contributed by atoms with van der Waals surface area (Å²) >= 11 is 0. The van der Waals surface area contributed by atoms with Gasteiger partial charge in [-0.05, 0) is 79.7 Å². The largest absolute Gasteiger partial charge is 0.487 e. The van der Waals surface area contributed by atoms with Crippen LogP contribution in [-0.4, -0.2) is 42.6 Å². The minimum atomic E-state index is -0.369. The van der Waals surface area contributed by atoms with E-state index in [0.29, 0.717) is 35.7 Å². The van der Waals surface area contributed by atoms with Gasteiger partial charge in [0.05, 0.1) is 37.1 Å². The highest BCUT2D eigenvalue weighted by atomic mass is 16.5. The molecule has 0 spiro atoms. The number of aromatic nitrogens is 1. The number of esters is 1. The first-order valence-corrected chi connectivity index (χ1v) is 11.7. The molecule has 1 saturated heterocycles. The SMILES string of the molecule is COC(=O)c1cccc(N2CC(Oc3ccc(Oc4ccc(C(C)=O)cc4)cc3)C2)c1-n1cccc1. The zero-order chi connectivity index (χ0) is 25.1. The molecular formula is C29H26N2O5. The number of hydrogen-bond acceptors (Lipinski definition) is 6. The number of nitrogens with zero attached hydrogens (tertiary/aromatic N) is 2. The van der Waals surface area contributed by atoms with Gasteiger partial charge in [0.25, 0.3) is 0 Å². The Bertz CT molecular complexity index is 1360. The lowest BCUT2D eigenvalue weighted by molar-refractivity contribution is 0.0600. The van der Waals surface area contributed by atoms with Gasteiger partial charge in [-0.1, -0.05) is 6.07 Å². The van der Waals surface area contributed by atoms with Gasteiger partial charge in [0.1, 0.15) is 23.4 Å². The second kappa shape index (κ2) is 10.00. The van der Waals surface area contributed by atoms with Gasteiger partial charge in [0.2, 0.25) is 0 Å². The molecule has 4 aromatic rings. The van der Waals surface area contributed by atoms with Crippen LogP contribution in [0, 0.1) is 0 Å². The predicted octanol–water partition coefficient (Wildman–Crippen LogP) is 5.53. The van der Waals surface area contributed by atoms with Crippen LogP contribution < -0.4 is 14.4 Å². The van der Waals surface area contributed by atoms with E-state index in [9.17, 15) is 9.59 Å². The number of methoxy groups -OCH3 is 1. The Morgan fingerprint density at radius 2 is 1.42 bits per heavy atom. The van der Waals surface area contributed by atoms with Crippen molar-refractivity contribution in [2.24, 2.45) is 0 Å². The zero-order valence-electron chi connectivity index (χ0n) is 20.1. The fourth-order valence-corrected chi connectivity index (χ4v) is 4.20. The molecule has 0 atom stereocenters. The van der Waals surface area contributed by atoms with Crippen molar-refractivity contribution in [1.29, 1.82) is 0 Å². The first kappa shape index (κ1) is 23.2. The van der Waals surface area contributed by atoms with Crippen LogP contribution in [0.5, 0.6) is 17.2 Å². The van der Waals surface area contributed by atoms with Crippen LogP contribution in [0.2, 0.25) is 0 Å². The van der Waals surface area contributed by atoms with E-state index in [0.717, 1.165) is 17.1 Å².